The van der Waals surface area contributed by atoms with Gasteiger partial charge < -0.3 is 4.90 Å². The van der Waals surface area contributed by atoms with E-state index in [1.807, 2.05) is 0 Å². The maximum atomic E-state index is 12.3. The fourth-order valence-electron chi connectivity index (χ4n) is 3.08. The summed E-state index contributed by atoms with van der Waals surface area (Å²) in [5, 5.41) is 0. The summed E-state index contributed by atoms with van der Waals surface area (Å²) in [6, 6.07) is 0. The predicted octanol–water partition coefficient (Wildman–Crippen LogP) is 3.63. The van der Waals surface area contributed by atoms with E-state index in [1.165, 1.54) is 12.0 Å². The van der Waals surface area contributed by atoms with Crippen molar-refractivity contribution in [3.05, 3.63) is 11.6 Å². The van der Waals surface area contributed by atoms with E-state index in [2.05, 4.69) is 38.7 Å². The number of nitrogens with zero attached hydrogens (tertiary/aromatic N) is 1. The highest BCUT2D eigenvalue weighted by molar-refractivity contribution is 5.80. The molecule has 2 rings (SSSR count). The van der Waals surface area contributed by atoms with E-state index in [4.69, 9.17) is 0 Å². The number of amides is 1. The van der Waals surface area contributed by atoms with Crippen LogP contribution in [0.15, 0.2) is 11.6 Å². The van der Waals surface area contributed by atoms with Gasteiger partial charge >= 0.3 is 0 Å². The minimum Gasteiger partial charge on any atom is -0.338 e. The standard InChI is InChI=1S/C16H27NO/c1-5-12-10-13(11-12)15(18)17-8-6-14(7-9-17)16(2,3)4/h6,12-13H,5,7-11H2,1-4H3. The molecule has 1 heterocycles. The van der Waals surface area contributed by atoms with Crippen LogP contribution in [0.25, 0.3) is 0 Å². The largest absolute Gasteiger partial charge is 0.338 e. The summed E-state index contributed by atoms with van der Waals surface area (Å²) in [6.45, 7) is 10.8. The quantitative estimate of drug-likeness (QED) is 0.684. The van der Waals surface area contributed by atoms with Gasteiger partial charge in [-0.2, -0.15) is 0 Å². The second-order valence-electron chi connectivity index (χ2n) is 6.96. The Morgan fingerprint density at radius 1 is 1.39 bits per heavy atom. The molecule has 1 saturated carbocycles. The first-order valence-electron chi connectivity index (χ1n) is 7.40. The lowest BCUT2D eigenvalue weighted by Crippen LogP contribution is -2.44. The molecule has 0 spiro atoms. The molecule has 0 aromatic heterocycles. The molecule has 0 aromatic rings. The Morgan fingerprint density at radius 2 is 2.06 bits per heavy atom. The van der Waals surface area contributed by atoms with Crippen molar-refractivity contribution in [2.75, 3.05) is 13.1 Å². The average molecular weight is 249 g/mol. The van der Waals surface area contributed by atoms with Crippen molar-refractivity contribution in [1.82, 2.24) is 4.90 Å². The van der Waals surface area contributed by atoms with Gasteiger partial charge in [-0.05, 0) is 30.6 Å². The number of hydrogen-bond acceptors (Lipinski definition) is 1. The van der Waals surface area contributed by atoms with Gasteiger partial charge in [0, 0.05) is 19.0 Å². The average Bonchev–Trinajstić information content (AvgIpc) is 2.26. The summed E-state index contributed by atoms with van der Waals surface area (Å²) < 4.78 is 0. The van der Waals surface area contributed by atoms with Crippen molar-refractivity contribution in [3.8, 4) is 0 Å². The fraction of sp³-hybridized carbons (Fsp3) is 0.812. The van der Waals surface area contributed by atoms with Crippen LogP contribution < -0.4 is 0 Å². The summed E-state index contributed by atoms with van der Waals surface area (Å²) in [7, 11) is 0. The zero-order valence-electron chi connectivity index (χ0n) is 12.3. The number of hydrogen-bond donors (Lipinski definition) is 0. The van der Waals surface area contributed by atoms with Gasteiger partial charge in [-0.15, -0.1) is 0 Å². The van der Waals surface area contributed by atoms with Crippen LogP contribution in [0.5, 0.6) is 0 Å². The zero-order chi connectivity index (χ0) is 13.3. The summed E-state index contributed by atoms with van der Waals surface area (Å²) in [4.78, 5) is 14.4. The molecule has 0 radical (unpaired) electrons. The lowest BCUT2D eigenvalue weighted by molar-refractivity contribution is -0.139. The maximum absolute atomic E-state index is 12.3. The van der Waals surface area contributed by atoms with Gasteiger partial charge in [-0.3, -0.25) is 4.79 Å². The number of carbonyl (C=O) groups is 1. The first-order valence-corrected chi connectivity index (χ1v) is 7.40. The van der Waals surface area contributed by atoms with Crippen molar-refractivity contribution < 1.29 is 4.79 Å². The van der Waals surface area contributed by atoms with E-state index in [1.54, 1.807) is 0 Å². The minimum absolute atomic E-state index is 0.263. The van der Waals surface area contributed by atoms with E-state index < -0.39 is 0 Å². The molecule has 0 unspecified atom stereocenters. The van der Waals surface area contributed by atoms with Crippen LogP contribution in [-0.4, -0.2) is 23.9 Å². The van der Waals surface area contributed by atoms with E-state index in [-0.39, 0.29) is 5.41 Å². The van der Waals surface area contributed by atoms with Gasteiger partial charge in [0.2, 0.25) is 5.91 Å². The Kier molecular flexibility index (Phi) is 3.84. The van der Waals surface area contributed by atoms with E-state index in [9.17, 15) is 4.79 Å². The molecule has 0 saturated heterocycles. The molecule has 2 heteroatoms. The molecular formula is C16H27NO. The molecule has 1 aliphatic heterocycles. The second-order valence-corrected chi connectivity index (χ2v) is 6.96. The SMILES string of the molecule is CCC1CC(C(=O)N2CC=C(C(C)(C)C)CC2)C1. The molecule has 0 aromatic carbocycles. The van der Waals surface area contributed by atoms with Crippen LogP contribution in [-0.2, 0) is 4.79 Å². The van der Waals surface area contributed by atoms with E-state index in [0.717, 1.165) is 38.3 Å². The Labute approximate surface area is 111 Å². The fourth-order valence-corrected chi connectivity index (χ4v) is 3.08. The molecule has 0 atom stereocenters. The summed E-state index contributed by atoms with van der Waals surface area (Å²) >= 11 is 0. The molecule has 1 amide bonds. The molecule has 2 nitrogen and oxygen atoms in total. The number of carbonyl (C=O) groups excluding carboxylic acids is 1. The van der Waals surface area contributed by atoms with Crippen LogP contribution >= 0.6 is 0 Å². The maximum Gasteiger partial charge on any atom is 0.225 e. The molecule has 18 heavy (non-hydrogen) atoms. The smallest absolute Gasteiger partial charge is 0.225 e. The van der Waals surface area contributed by atoms with Crippen LogP contribution in [0.4, 0.5) is 0 Å². The molecule has 1 fully saturated rings. The Hall–Kier alpha value is -0.790. The highest BCUT2D eigenvalue weighted by atomic mass is 16.2. The van der Waals surface area contributed by atoms with E-state index in [0.29, 0.717) is 11.8 Å². The van der Waals surface area contributed by atoms with Crippen molar-refractivity contribution in [2.24, 2.45) is 17.3 Å². The lowest BCUT2D eigenvalue weighted by Gasteiger charge is -2.39. The van der Waals surface area contributed by atoms with Gasteiger partial charge in [0.15, 0.2) is 0 Å². The Bertz CT molecular complexity index is 345. The first-order chi connectivity index (χ1) is 8.41. The lowest BCUT2D eigenvalue weighted by atomic mass is 9.72. The van der Waals surface area contributed by atoms with Gasteiger partial charge in [0.25, 0.3) is 0 Å². The Balaban J connectivity index is 1.87. The minimum atomic E-state index is 0.263. The summed E-state index contributed by atoms with van der Waals surface area (Å²) in [5.74, 6) is 1.55. The van der Waals surface area contributed by atoms with Crippen molar-refractivity contribution in [3.63, 3.8) is 0 Å². The summed E-state index contributed by atoms with van der Waals surface area (Å²) in [6.07, 6.45) is 6.82. The highest BCUT2D eigenvalue weighted by Crippen LogP contribution is 2.38. The van der Waals surface area contributed by atoms with Crippen molar-refractivity contribution in [1.29, 1.82) is 0 Å². The third kappa shape index (κ3) is 2.78. The van der Waals surface area contributed by atoms with Crippen molar-refractivity contribution in [2.45, 2.75) is 53.4 Å². The normalized spacial score (nSPS) is 28.7. The topological polar surface area (TPSA) is 20.3 Å². The molecule has 2 aliphatic rings. The van der Waals surface area contributed by atoms with Gasteiger partial charge in [-0.25, -0.2) is 0 Å². The Morgan fingerprint density at radius 3 is 2.50 bits per heavy atom. The van der Waals surface area contributed by atoms with Crippen LogP contribution in [0.2, 0.25) is 0 Å². The molecule has 1 aliphatic carbocycles. The van der Waals surface area contributed by atoms with Gasteiger partial charge in [0.1, 0.15) is 0 Å². The van der Waals surface area contributed by atoms with Crippen LogP contribution in [0, 0.1) is 17.3 Å². The zero-order valence-corrected chi connectivity index (χ0v) is 12.3. The monoisotopic (exact) mass is 249 g/mol. The van der Waals surface area contributed by atoms with Crippen LogP contribution in [0.3, 0.4) is 0 Å². The first kappa shape index (κ1) is 13.6. The summed E-state index contributed by atoms with van der Waals surface area (Å²) in [5.41, 5.74) is 1.77. The van der Waals surface area contributed by atoms with Gasteiger partial charge in [-0.1, -0.05) is 45.8 Å². The van der Waals surface area contributed by atoms with Crippen molar-refractivity contribution >= 4 is 5.91 Å². The third-order valence-electron chi connectivity index (χ3n) is 4.65. The van der Waals surface area contributed by atoms with Crippen LogP contribution in [0.1, 0.15) is 53.4 Å². The van der Waals surface area contributed by atoms with Gasteiger partial charge in [0.05, 0.1) is 0 Å². The number of rotatable bonds is 2. The predicted molar refractivity (Wildman–Crippen MR) is 75.2 cm³/mol. The molecule has 0 bridgehead atoms. The van der Waals surface area contributed by atoms with E-state index >= 15 is 0 Å². The molecular weight excluding hydrogens is 222 g/mol. The second kappa shape index (κ2) is 5.07. The molecule has 0 N–H and O–H groups in total. The highest BCUT2D eigenvalue weighted by Gasteiger charge is 2.36. The molecule has 102 valence electrons. The third-order valence-corrected chi connectivity index (χ3v) is 4.65.